The Bertz CT molecular complexity index is 382. The molecule has 0 aliphatic carbocycles. The molecule has 1 fully saturated rings. The van der Waals surface area contributed by atoms with E-state index in [0.717, 1.165) is 37.2 Å². The summed E-state index contributed by atoms with van der Waals surface area (Å²) in [4.78, 5) is 2.32. The van der Waals surface area contributed by atoms with Crippen LogP contribution < -0.4 is 4.90 Å². The van der Waals surface area contributed by atoms with Gasteiger partial charge in [0.25, 0.3) is 0 Å². The first-order chi connectivity index (χ1) is 8.59. The highest BCUT2D eigenvalue weighted by atomic mass is 16.3. The lowest BCUT2D eigenvalue weighted by Gasteiger charge is -2.36. The number of hydrogen-bond acceptors (Lipinski definition) is 3. The molecule has 1 aromatic rings. The highest BCUT2D eigenvalue weighted by molar-refractivity contribution is 5.54. The van der Waals surface area contributed by atoms with Gasteiger partial charge in [-0.15, -0.1) is 0 Å². The van der Waals surface area contributed by atoms with Gasteiger partial charge in [-0.25, -0.2) is 0 Å². The van der Waals surface area contributed by atoms with Crippen LogP contribution in [-0.4, -0.2) is 29.4 Å². The summed E-state index contributed by atoms with van der Waals surface area (Å²) in [5, 5.41) is 19.4. The summed E-state index contributed by atoms with van der Waals surface area (Å²) < 4.78 is 0. The molecule has 0 radical (unpaired) electrons. The van der Waals surface area contributed by atoms with Gasteiger partial charge >= 0.3 is 0 Å². The van der Waals surface area contributed by atoms with Crippen molar-refractivity contribution in [3.05, 3.63) is 29.8 Å². The summed E-state index contributed by atoms with van der Waals surface area (Å²) in [5.41, 5.74) is 2.13. The van der Waals surface area contributed by atoms with E-state index < -0.39 is 6.10 Å². The third-order valence-corrected chi connectivity index (χ3v) is 3.95. The van der Waals surface area contributed by atoms with Crippen molar-refractivity contribution in [3.8, 4) is 0 Å². The molecule has 0 saturated carbocycles. The number of hydrogen-bond donors (Lipinski definition) is 2. The Balaban J connectivity index is 2.10. The van der Waals surface area contributed by atoms with E-state index in [1.807, 2.05) is 25.1 Å². The summed E-state index contributed by atoms with van der Waals surface area (Å²) in [6, 6.07) is 8.04. The van der Waals surface area contributed by atoms with Gasteiger partial charge in [0.2, 0.25) is 0 Å². The SMILES string of the molecule is CC(O)c1ccccc1N1CCC(C(C)O)CC1. The predicted molar refractivity (Wildman–Crippen MR) is 73.7 cm³/mol. The van der Waals surface area contributed by atoms with Crippen LogP contribution in [0.2, 0.25) is 0 Å². The molecule has 0 aromatic heterocycles. The quantitative estimate of drug-likeness (QED) is 0.864. The minimum Gasteiger partial charge on any atom is -0.393 e. The largest absolute Gasteiger partial charge is 0.393 e. The van der Waals surface area contributed by atoms with Gasteiger partial charge in [0.05, 0.1) is 12.2 Å². The molecule has 1 aliphatic heterocycles. The van der Waals surface area contributed by atoms with E-state index in [2.05, 4.69) is 11.0 Å². The molecule has 2 N–H and O–H groups in total. The molecular formula is C15H23NO2. The summed E-state index contributed by atoms with van der Waals surface area (Å²) in [5.74, 6) is 0.417. The number of anilines is 1. The number of aliphatic hydroxyl groups is 2. The molecule has 3 heteroatoms. The lowest BCUT2D eigenvalue weighted by molar-refractivity contribution is 0.109. The Kier molecular flexibility index (Phi) is 4.25. The highest BCUT2D eigenvalue weighted by Crippen LogP contribution is 2.30. The molecule has 18 heavy (non-hydrogen) atoms. The van der Waals surface area contributed by atoms with E-state index in [4.69, 9.17) is 0 Å². The van der Waals surface area contributed by atoms with Crippen LogP contribution in [0.5, 0.6) is 0 Å². The van der Waals surface area contributed by atoms with Crippen LogP contribution in [0.3, 0.4) is 0 Å². The van der Waals surface area contributed by atoms with Crippen molar-refractivity contribution in [3.63, 3.8) is 0 Å². The van der Waals surface area contributed by atoms with Crippen LogP contribution in [0.4, 0.5) is 5.69 Å². The van der Waals surface area contributed by atoms with Gasteiger partial charge in [0.1, 0.15) is 0 Å². The lowest BCUT2D eigenvalue weighted by atomic mass is 9.91. The molecule has 1 saturated heterocycles. The minimum absolute atomic E-state index is 0.209. The molecule has 1 aliphatic rings. The maximum absolute atomic E-state index is 9.81. The molecule has 3 nitrogen and oxygen atoms in total. The van der Waals surface area contributed by atoms with Crippen molar-refractivity contribution in [2.24, 2.45) is 5.92 Å². The van der Waals surface area contributed by atoms with Crippen molar-refractivity contribution in [1.82, 2.24) is 0 Å². The first kappa shape index (κ1) is 13.4. The Hall–Kier alpha value is -1.06. The van der Waals surface area contributed by atoms with Gasteiger partial charge in [-0.1, -0.05) is 18.2 Å². The molecule has 1 aromatic carbocycles. The van der Waals surface area contributed by atoms with Gasteiger partial charge in [-0.2, -0.15) is 0 Å². The van der Waals surface area contributed by atoms with E-state index >= 15 is 0 Å². The van der Waals surface area contributed by atoms with Crippen molar-refractivity contribution >= 4 is 5.69 Å². The Morgan fingerprint density at radius 1 is 1.11 bits per heavy atom. The van der Waals surface area contributed by atoms with Gasteiger partial charge in [0, 0.05) is 24.3 Å². The number of aliphatic hydroxyl groups excluding tert-OH is 2. The van der Waals surface area contributed by atoms with Crippen LogP contribution in [-0.2, 0) is 0 Å². The van der Waals surface area contributed by atoms with Crippen LogP contribution in [0, 0.1) is 5.92 Å². The molecule has 100 valence electrons. The molecule has 2 rings (SSSR count). The number of para-hydroxylation sites is 1. The second-order valence-electron chi connectivity index (χ2n) is 5.30. The zero-order chi connectivity index (χ0) is 13.1. The smallest absolute Gasteiger partial charge is 0.0781 e. The summed E-state index contributed by atoms with van der Waals surface area (Å²) in [6.45, 7) is 5.60. The fourth-order valence-electron chi connectivity index (χ4n) is 2.75. The summed E-state index contributed by atoms with van der Waals surface area (Å²) in [7, 11) is 0. The molecule has 1 heterocycles. The van der Waals surface area contributed by atoms with Crippen molar-refractivity contribution < 1.29 is 10.2 Å². The van der Waals surface area contributed by atoms with Gasteiger partial charge in [-0.3, -0.25) is 0 Å². The second-order valence-corrected chi connectivity index (χ2v) is 5.30. The first-order valence-corrected chi connectivity index (χ1v) is 6.79. The zero-order valence-electron chi connectivity index (χ0n) is 11.2. The monoisotopic (exact) mass is 249 g/mol. The molecule has 2 atom stereocenters. The molecular weight excluding hydrogens is 226 g/mol. The lowest BCUT2D eigenvalue weighted by Crippen LogP contribution is -2.37. The normalized spacial score (nSPS) is 20.8. The van der Waals surface area contributed by atoms with Crippen molar-refractivity contribution in [2.45, 2.75) is 38.9 Å². The van der Waals surface area contributed by atoms with E-state index in [-0.39, 0.29) is 6.10 Å². The van der Waals surface area contributed by atoms with Crippen LogP contribution in [0.25, 0.3) is 0 Å². The third-order valence-electron chi connectivity index (χ3n) is 3.95. The second kappa shape index (κ2) is 5.72. The average molecular weight is 249 g/mol. The number of piperidine rings is 1. The molecule has 0 bridgehead atoms. The topological polar surface area (TPSA) is 43.7 Å². The maximum Gasteiger partial charge on any atom is 0.0781 e. The fraction of sp³-hybridized carbons (Fsp3) is 0.600. The Labute approximate surface area is 109 Å². The highest BCUT2D eigenvalue weighted by Gasteiger charge is 2.24. The summed E-state index contributed by atoms with van der Waals surface area (Å²) >= 11 is 0. The van der Waals surface area contributed by atoms with Crippen LogP contribution >= 0.6 is 0 Å². The summed E-state index contributed by atoms with van der Waals surface area (Å²) in [6.07, 6.45) is 1.40. The molecule has 0 spiro atoms. The van der Waals surface area contributed by atoms with E-state index in [1.165, 1.54) is 0 Å². The molecule has 0 amide bonds. The molecule has 2 unspecified atom stereocenters. The average Bonchev–Trinajstić information content (AvgIpc) is 2.39. The van der Waals surface area contributed by atoms with Crippen molar-refractivity contribution in [2.75, 3.05) is 18.0 Å². The van der Waals surface area contributed by atoms with Crippen LogP contribution in [0.1, 0.15) is 38.4 Å². The van der Waals surface area contributed by atoms with Gasteiger partial charge < -0.3 is 15.1 Å². The predicted octanol–water partition coefficient (Wildman–Crippen LogP) is 2.34. The Morgan fingerprint density at radius 2 is 1.72 bits per heavy atom. The first-order valence-electron chi connectivity index (χ1n) is 6.79. The third kappa shape index (κ3) is 2.85. The fourth-order valence-corrected chi connectivity index (χ4v) is 2.75. The number of rotatable bonds is 3. The Morgan fingerprint density at radius 3 is 2.28 bits per heavy atom. The van der Waals surface area contributed by atoms with E-state index in [0.29, 0.717) is 5.92 Å². The van der Waals surface area contributed by atoms with Gasteiger partial charge in [-0.05, 0) is 38.7 Å². The van der Waals surface area contributed by atoms with E-state index in [1.54, 1.807) is 6.92 Å². The van der Waals surface area contributed by atoms with Crippen molar-refractivity contribution in [1.29, 1.82) is 0 Å². The standard InChI is InChI=1S/C15H23NO2/c1-11(17)13-7-9-16(10-8-13)15-6-4-3-5-14(15)12(2)18/h3-6,11-13,17-18H,7-10H2,1-2H3. The van der Waals surface area contributed by atoms with Crippen LogP contribution in [0.15, 0.2) is 24.3 Å². The maximum atomic E-state index is 9.81. The van der Waals surface area contributed by atoms with E-state index in [9.17, 15) is 10.2 Å². The minimum atomic E-state index is -0.435. The number of nitrogens with zero attached hydrogens (tertiary/aromatic N) is 1. The van der Waals surface area contributed by atoms with Gasteiger partial charge in [0.15, 0.2) is 0 Å². The zero-order valence-corrected chi connectivity index (χ0v) is 11.2. The number of benzene rings is 1.